The topological polar surface area (TPSA) is 74.8 Å². The van der Waals surface area contributed by atoms with Crippen LogP contribution in [0.4, 0.5) is 16.3 Å². The molecule has 5 rings (SSSR count). The number of aromatic nitrogens is 1. The monoisotopic (exact) mass is 364 g/mol. The molecule has 1 aromatic heterocycles. The van der Waals surface area contributed by atoms with Crippen molar-refractivity contribution in [3.05, 3.63) is 48.2 Å². The summed E-state index contributed by atoms with van der Waals surface area (Å²) in [5.41, 5.74) is 1.21. The van der Waals surface area contributed by atoms with Crippen LogP contribution in [0, 0.1) is 0 Å². The van der Waals surface area contributed by atoms with Gasteiger partial charge in [-0.2, -0.15) is 0 Å². The minimum Gasteiger partial charge on any atom is -0.410 e. The summed E-state index contributed by atoms with van der Waals surface area (Å²) in [6, 6.07) is 12.9. The molecule has 138 valence electrons. The summed E-state index contributed by atoms with van der Waals surface area (Å²) in [5.74, 6) is 0.810. The van der Waals surface area contributed by atoms with Gasteiger partial charge in [0.2, 0.25) is 0 Å². The zero-order valence-electron chi connectivity index (χ0n) is 14.8. The number of hydrogen-bond donors (Lipinski definition) is 1. The fraction of sp³-hybridized carbons (Fsp3) is 0.350. The Morgan fingerprint density at radius 2 is 1.89 bits per heavy atom. The lowest BCUT2D eigenvalue weighted by molar-refractivity contribution is 0.0946. The summed E-state index contributed by atoms with van der Waals surface area (Å²) in [4.78, 5) is 33.7. The van der Waals surface area contributed by atoms with Crippen molar-refractivity contribution in [2.24, 2.45) is 0 Å². The van der Waals surface area contributed by atoms with Gasteiger partial charge in [-0.25, -0.2) is 9.78 Å². The fourth-order valence-corrected chi connectivity index (χ4v) is 3.70. The Morgan fingerprint density at radius 1 is 1.07 bits per heavy atom. The molecule has 0 radical (unpaired) electrons. The van der Waals surface area contributed by atoms with Crippen LogP contribution in [0.2, 0.25) is 0 Å². The Labute approximate surface area is 156 Å². The molecule has 1 N–H and O–H groups in total. The maximum atomic E-state index is 12.9. The molecule has 27 heavy (non-hydrogen) atoms. The number of carbonyl (C=O) groups is 2. The lowest BCUT2D eigenvalue weighted by atomic mass is 10.2. The van der Waals surface area contributed by atoms with Crippen molar-refractivity contribution < 1.29 is 14.3 Å². The van der Waals surface area contributed by atoms with Crippen molar-refractivity contribution in [3.8, 4) is 5.75 Å². The van der Waals surface area contributed by atoms with Crippen molar-refractivity contribution in [1.82, 2.24) is 10.3 Å². The SMILES string of the molecule is O=C(NC1CC1)c1ccc2c(n1)N(C(=O)Oc1ccccc1)[C@H]1CCN2C1. The third kappa shape index (κ3) is 2.99. The molecule has 3 aliphatic rings. The summed E-state index contributed by atoms with van der Waals surface area (Å²) in [7, 11) is 0. The molecule has 7 nitrogen and oxygen atoms in total. The van der Waals surface area contributed by atoms with Crippen LogP contribution >= 0.6 is 0 Å². The molecule has 1 saturated heterocycles. The average Bonchev–Trinajstić information content (AvgIpc) is 3.40. The molecule has 7 heteroatoms. The average molecular weight is 364 g/mol. The minimum atomic E-state index is -0.457. The highest BCUT2D eigenvalue weighted by Gasteiger charge is 2.41. The number of carbonyl (C=O) groups excluding carboxylic acids is 2. The van der Waals surface area contributed by atoms with E-state index >= 15 is 0 Å². The molecule has 2 bridgehead atoms. The number of amides is 2. The number of nitrogens with one attached hydrogen (secondary N) is 1. The lowest BCUT2D eigenvalue weighted by Gasteiger charge is -2.35. The number of para-hydroxylation sites is 1. The molecule has 2 amide bonds. The van der Waals surface area contributed by atoms with E-state index in [0.29, 0.717) is 17.3 Å². The number of hydrogen-bond acceptors (Lipinski definition) is 5. The first-order valence-electron chi connectivity index (χ1n) is 9.32. The molecule has 1 aromatic carbocycles. The van der Waals surface area contributed by atoms with Crippen molar-refractivity contribution in [1.29, 1.82) is 0 Å². The highest BCUT2D eigenvalue weighted by Crippen LogP contribution is 2.39. The molecular weight excluding hydrogens is 344 g/mol. The van der Waals surface area contributed by atoms with E-state index in [4.69, 9.17) is 4.74 Å². The second-order valence-electron chi connectivity index (χ2n) is 7.23. The maximum Gasteiger partial charge on any atom is 0.421 e. The number of fused-ring (bicyclic) bond motifs is 4. The van der Waals surface area contributed by atoms with Gasteiger partial charge in [0, 0.05) is 19.1 Å². The zero-order chi connectivity index (χ0) is 18.4. The van der Waals surface area contributed by atoms with Gasteiger partial charge in [-0.1, -0.05) is 18.2 Å². The third-order valence-electron chi connectivity index (χ3n) is 5.24. The van der Waals surface area contributed by atoms with Crippen molar-refractivity contribution in [2.45, 2.75) is 31.3 Å². The third-order valence-corrected chi connectivity index (χ3v) is 5.24. The van der Waals surface area contributed by atoms with E-state index in [0.717, 1.165) is 38.0 Å². The summed E-state index contributed by atoms with van der Waals surface area (Å²) in [6.07, 6.45) is 2.43. The Morgan fingerprint density at radius 3 is 2.67 bits per heavy atom. The second kappa shape index (κ2) is 6.26. The Kier molecular flexibility index (Phi) is 3.74. The number of rotatable bonds is 3. The Balaban J connectivity index is 1.47. The molecular formula is C20H20N4O3. The maximum absolute atomic E-state index is 12.9. The van der Waals surface area contributed by atoms with E-state index in [1.807, 2.05) is 24.3 Å². The number of anilines is 2. The highest BCUT2D eigenvalue weighted by molar-refractivity contribution is 5.98. The summed E-state index contributed by atoms with van der Waals surface area (Å²) in [5, 5.41) is 2.95. The molecule has 2 aromatic rings. The smallest absolute Gasteiger partial charge is 0.410 e. The normalized spacial score (nSPS) is 20.2. The second-order valence-corrected chi connectivity index (χ2v) is 7.23. The number of nitrogens with zero attached hydrogens (tertiary/aromatic N) is 3. The van der Waals surface area contributed by atoms with E-state index in [-0.39, 0.29) is 18.0 Å². The van der Waals surface area contributed by atoms with Gasteiger partial charge in [-0.15, -0.1) is 0 Å². The molecule has 3 heterocycles. The molecule has 0 spiro atoms. The van der Waals surface area contributed by atoms with Crippen LogP contribution in [-0.2, 0) is 0 Å². The molecule has 1 saturated carbocycles. The van der Waals surface area contributed by atoms with E-state index in [2.05, 4.69) is 15.2 Å². The van der Waals surface area contributed by atoms with Gasteiger partial charge in [0.1, 0.15) is 11.4 Å². The van der Waals surface area contributed by atoms with Crippen LogP contribution in [0.5, 0.6) is 5.75 Å². The highest BCUT2D eigenvalue weighted by atomic mass is 16.6. The summed E-state index contributed by atoms with van der Waals surface area (Å²) >= 11 is 0. The predicted molar refractivity (Wildman–Crippen MR) is 100 cm³/mol. The molecule has 1 aliphatic carbocycles. The molecule has 2 fully saturated rings. The van der Waals surface area contributed by atoms with E-state index in [1.165, 1.54) is 0 Å². The first kappa shape index (κ1) is 16.1. The van der Waals surface area contributed by atoms with Crippen LogP contribution in [0.15, 0.2) is 42.5 Å². The van der Waals surface area contributed by atoms with Gasteiger partial charge >= 0.3 is 6.09 Å². The Bertz CT molecular complexity index is 897. The number of benzene rings is 1. The van der Waals surface area contributed by atoms with Gasteiger partial charge < -0.3 is 15.0 Å². The predicted octanol–water partition coefficient (Wildman–Crippen LogP) is 2.57. The van der Waals surface area contributed by atoms with Crippen molar-refractivity contribution in [2.75, 3.05) is 22.9 Å². The lowest BCUT2D eigenvalue weighted by Crippen LogP contribution is -2.48. The molecule has 1 atom stereocenters. The van der Waals surface area contributed by atoms with Gasteiger partial charge in [0.25, 0.3) is 5.91 Å². The zero-order valence-corrected chi connectivity index (χ0v) is 14.8. The van der Waals surface area contributed by atoms with E-state index in [1.54, 1.807) is 23.1 Å². The van der Waals surface area contributed by atoms with Crippen LogP contribution in [0.25, 0.3) is 0 Å². The van der Waals surface area contributed by atoms with E-state index in [9.17, 15) is 9.59 Å². The van der Waals surface area contributed by atoms with E-state index < -0.39 is 6.09 Å². The van der Waals surface area contributed by atoms with Crippen LogP contribution in [0.1, 0.15) is 29.8 Å². The van der Waals surface area contributed by atoms with Crippen molar-refractivity contribution in [3.63, 3.8) is 0 Å². The van der Waals surface area contributed by atoms with Crippen LogP contribution in [0.3, 0.4) is 0 Å². The van der Waals surface area contributed by atoms with Gasteiger partial charge in [0.15, 0.2) is 5.82 Å². The first-order valence-corrected chi connectivity index (χ1v) is 9.32. The quantitative estimate of drug-likeness (QED) is 0.906. The Hall–Kier alpha value is -3.09. The minimum absolute atomic E-state index is 0.00274. The first-order chi connectivity index (χ1) is 13.2. The van der Waals surface area contributed by atoms with Gasteiger partial charge in [-0.3, -0.25) is 9.69 Å². The molecule has 0 unspecified atom stereocenters. The summed E-state index contributed by atoms with van der Waals surface area (Å²) < 4.78 is 5.56. The van der Waals surface area contributed by atoms with Crippen molar-refractivity contribution >= 4 is 23.5 Å². The van der Waals surface area contributed by atoms with Crippen LogP contribution < -0.4 is 19.9 Å². The number of pyridine rings is 1. The largest absolute Gasteiger partial charge is 0.421 e. The fourth-order valence-electron chi connectivity index (χ4n) is 3.70. The van der Waals surface area contributed by atoms with Crippen LogP contribution in [-0.4, -0.2) is 42.2 Å². The number of ether oxygens (including phenoxy) is 1. The molecule has 2 aliphatic heterocycles. The standard InChI is InChI=1S/C20H20N4O3/c25-19(21-13-6-7-13)16-8-9-17-18(22-16)24(14-10-11-23(17)12-14)20(26)27-15-4-2-1-3-5-15/h1-5,8-9,13-14H,6-7,10-12H2,(H,21,25)/t14-/m0/s1. The van der Waals surface area contributed by atoms with Gasteiger partial charge in [-0.05, 0) is 43.5 Å². The van der Waals surface area contributed by atoms with Gasteiger partial charge in [0.05, 0.1) is 11.7 Å². The summed E-state index contributed by atoms with van der Waals surface area (Å²) in [6.45, 7) is 1.62.